The normalized spacial score (nSPS) is 24.0. The van der Waals surface area contributed by atoms with Crippen LogP contribution in [-0.2, 0) is 11.3 Å². The van der Waals surface area contributed by atoms with Crippen LogP contribution in [0.1, 0.15) is 24.0 Å². The molecule has 1 aliphatic rings. The third-order valence-electron chi connectivity index (χ3n) is 3.42. The summed E-state index contributed by atoms with van der Waals surface area (Å²) in [6.07, 6.45) is -2.12. The van der Waals surface area contributed by atoms with Crippen molar-refractivity contribution in [2.45, 2.75) is 24.9 Å². The lowest BCUT2D eigenvalue weighted by Gasteiger charge is -2.20. The molecule has 3 N–H and O–H groups in total. The fourth-order valence-corrected chi connectivity index (χ4v) is 2.31. The molecular weight excluding hydrogens is 254 g/mol. The summed E-state index contributed by atoms with van der Waals surface area (Å²) in [5.41, 5.74) is 5.26. The molecule has 1 aromatic carbocycles. The predicted octanol–water partition coefficient (Wildman–Crippen LogP) is 1.61. The zero-order valence-electron chi connectivity index (χ0n) is 10.4. The van der Waals surface area contributed by atoms with Crippen molar-refractivity contribution in [1.29, 1.82) is 0 Å². The van der Waals surface area contributed by atoms with E-state index >= 15 is 0 Å². The van der Waals surface area contributed by atoms with Gasteiger partial charge in [0.1, 0.15) is 5.54 Å². The van der Waals surface area contributed by atoms with Crippen molar-refractivity contribution in [2.24, 2.45) is 5.73 Å². The third-order valence-corrected chi connectivity index (χ3v) is 3.42. The molecule has 1 saturated heterocycles. The van der Waals surface area contributed by atoms with Crippen molar-refractivity contribution in [3.8, 4) is 0 Å². The summed E-state index contributed by atoms with van der Waals surface area (Å²) in [6, 6.07) is 6.16. The third kappa shape index (κ3) is 3.08. The maximum atomic E-state index is 12.6. The summed E-state index contributed by atoms with van der Waals surface area (Å²) in [5.74, 6) is -1.02. The Labute approximate surface area is 109 Å². The van der Waals surface area contributed by atoms with Crippen molar-refractivity contribution in [2.75, 3.05) is 13.1 Å². The average Bonchev–Trinajstić information content (AvgIpc) is 2.72. The summed E-state index contributed by atoms with van der Waals surface area (Å²) >= 11 is 0. The second kappa shape index (κ2) is 5.22. The van der Waals surface area contributed by atoms with E-state index in [2.05, 4.69) is 0 Å². The molecule has 2 rings (SSSR count). The second-order valence-corrected chi connectivity index (χ2v) is 4.97. The highest BCUT2D eigenvalue weighted by Crippen LogP contribution is 2.23. The van der Waals surface area contributed by atoms with Crippen molar-refractivity contribution < 1.29 is 18.7 Å². The summed E-state index contributed by atoms with van der Waals surface area (Å²) < 4.78 is 25.2. The molecule has 4 nitrogen and oxygen atoms in total. The zero-order chi connectivity index (χ0) is 14.0. The van der Waals surface area contributed by atoms with E-state index < -0.39 is 17.9 Å². The fraction of sp³-hybridized carbons (Fsp3) is 0.462. The number of rotatable bonds is 4. The van der Waals surface area contributed by atoms with Gasteiger partial charge in [-0.2, -0.15) is 0 Å². The second-order valence-electron chi connectivity index (χ2n) is 4.97. The number of carbonyl (C=O) groups is 1. The molecule has 0 bridgehead atoms. The van der Waals surface area contributed by atoms with Crippen LogP contribution in [0.5, 0.6) is 0 Å². The van der Waals surface area contributed by atoms with Crippen molar-refractivity contribution in [1.82, 2.24) is 4.90 Å². The number of benzene rings is 1. The molecule has 1 unspecified atom stereocenters. The van der Waals surface area contributed by atoms with Gasteiger partial charge in [-0.3, -0.25) is 9.69 Å². The van der Waals surface area contributed by atoms with Gasteiger partial charge in [0.15, 0.2) is 0 Å². The largest absolute Gasteiger partial charge is 0.480 e. The molecule has 0 radical (unpaired) electrons. The Kier molecular flexibility index (Phi) is 3.82. The van der Waals surface area contributed by atoms with E-state index in [1.54, 1.807) is 12.1 Å². The number of likely N-dealkylation sites (tertiary alicyclic amines) is 1. The molecule has 0 saturated carbocycles. The first kappa shape index (κ1) is 13.9. The van der Waals surface area contributed by atoms with Crippen LogP contribution in [0.2, 0.25) is 0 Å². The highest BCUT2D eigenvalue weighted by molar-refractivity contribution is 5.79. The van der Waals surface area contributed by atoms with Crippen LogP contribution < -0.4 is 5.73 Å². The van der Waals surface area contributed by atoms with Crippen LogP contribution in [0, 0.1) is 0 Å². The topological polar surface area (TPSA) is 66.6 Å². The standard InChI is InChI=1S/C13H16F2N2O2/c14-11(15)10-3-1-2-9(6-10)7-17-5-4-13(16,8-17)12(18)19/h1-3,6,11H,4-5,7-8,16H2,(H,18,19). The van der Waals surface area contributed by atoms with Gasteiger partial charge < -0.3 is 10.8 Å². The van der Waals surface area contributed by atoms with E-state index in [1.165, 1.54) is 12.1 Å². The molecule has 0 spiro atoms. The number of hydrogen-bond donors (Lipinski definition) is 2. The van der Waals surface area contributed by atoms with E-state index in [1.807, 2.05) is 4.90 Å². The Morgan fingerprint density at radius 2 is 2.26 bits per heavy atom. The highest BCUT2D eigenvalue weighted by atomic mass is 19.3. The van der Waals surface area contributed by atoms with Crippen LogP contribution >= 0.6 is 0 Å². The predicted molar refractivity (Wildman–Crippen MR) is 65.8 cm³/mol. The summed E-state index contributed by atoms with van der Waals surface area (Å²) in [7, 11) is 0. The summed E-state index contributed by atoms with van der Waals surface area (Å²) in [6.45, 7) is 1.23. The molecule has 1 fully saturated rings. The van der Waals surface area contributed by atoms with Gasteiger partial charge >= 0.3 is 5.97 Å². The van der Waals surface area contributed by atoms with Gasteiger partial charge in [0.2, 0.25) is 0 Å². The molecule has 0 aromatic heterocycles. The summed E-state index contributed by atoms with van der Waals surface area (Å²) in [4.78, 5) is 12.9. The Morgan fingerprint density at radius 1 is 1.53 bits per heavy atom. The zero-order valence-corrected chi connectivity index (χ0v) is 10.4. The maximum absolute atomic E-state index is 12.6. The molecule has 0 aliphatic carbocycles. The van der Waals surface area contributed by atoms with Crippen LogP contribution in [0.15, 0.2) is 24.3 Å². The van der Waals surface area contributed by atoms with Crippen LogP contribution in [0.25, 0.3) is 0 Å². The van der Waals surface area contributed by atoms with Gasteiger partial charge in [-0.15, -0.1) is 0 Å². The van der Waals surface area contributed by atoms with Gasteiger partial charge in [0, 0.05) is 25.2 Å². The van der Waals surface area contributed by atoms with Gasteiger partial charge in [0.25, 0.3) is 6.43 Å². The van der Waals surface area contributed by atoms with Crippen molar-refractivity contribution in [3.05, 3.63) is 35.4 Å². The molecular formula is C13H16F2N2O2. The first-order valence-corrected chi connectivity index (χ1v) is 6.02. The number of alkyl halides is 2. The molecule has 1 heterocycles. The lowest BCUT2D eigenvalue weighted by Crippen LogP contribution is -2.50. The quantitative estimate of drug-likeness (QED) is 0.872. The Hall–Kier alpha value is -1.53. The number of nitrogens with two attached hydrogens (primary N) is 1. The molecule has 104 valence electrons. The van der Waals surface area contributed by atoms with E-state index in [9.17, 15) is 13.6 Å². The van der Waals surface area contributed by atoms with Gasteiger partial charge in [-0.1, -0.05) is 18.2 Å². The monoisotopic (exact) mass is 270 g/mol. The minimum atomic E-state index is -2.49. The molecule has 1 aromatic rings. The fourth-order valence-electron chi connectivity index (χ4n) is 2.31. The molecule has 1 aliphatic heterocycles. The number of nitrogens with zero attached hydrogens (tertiary/aromatic N) is 1. The lowest BCUT2D eigenvalue weighted by molar-refractivity contribution is -0.142. The van der Waals surface area contributed by atoms with Gasteiger partial charge in [-0.05, 0) is 18.1 Å². The lowest BCUT2D eigenvalue weighted by atomic mass is 10.0. The molecule has 0 amide bonds. The van der Waals surface area contributed by atoms with Crippen LogP contribution in [-0.4, -0.2) is 34.6 Å². The Morgan fingerprint density at radius 3 is 2.84 bits per heavy atom. The van der Waals surface area contributed by atoms with Gasteiger partial charge in [-0.25, -0.2) is 8.78 Å². The molecule has 6 heteroatoms. The van der Waals surface area contributed by atoms with E-state index in [0.717, 1.165) is 5.56 Å². The van der Waals surface area contributed by atoms with Crippen molar-refractivity contribution >= 4 is 5.97 Å². The first-order valence-electron chi connectivity index (χ1n) is 6.02. The van der Waals surface area contributed by atoms with E-state index in [-0.39, 0.29) is 12.1 Å². The number of hydrogen-bond acceptors (Lipinski definition) is 3. The minimum Gasteiger partial charge on any atom is -0.480 e. The minimum absolute atomic E-state index is 0.0195. The Balaban J connectivity index is 2.03. The number of carboxylic acids is 1. The van der Waals surface area contributed by atoms with Crippen molar-refractivity contribution in [3.63, 3.8) is 0 Å². The van der Waals surface area contributed by atoms with Crippen LogP contribution in [0.3, 0.4) is 0 Å². The van der Waals surface area contributed by atoms with E-state index in [0.29, 0.717) is 19.5 Å². The highest BCUT2D eigenvalue weighted by Gasteiger charge is 2.41. The average molecular weight is 270 g/mol. The van der Waals surface area contributed by atoms with Crippen LogP contribution in [0.4, 0.5) is 8.78 Å². The first-order chi connectivity index (χ1) is 8.90. The SMILES string of the molecule is NC1(C(=O)O)CCN(Cc2cccc(C(F)F)c2)C1. The number of carboxylic acid groups (broad SMARTS) is 1. The van der Waals surface area contributed by atoms with Gasteiger partial charge in [0.05, 0.1) is 0 Å². The number of aliphatic carboxylic acids is 1. The smallest absolute Gasteiger partial charge is 0.325 e. The Bertz CT molecular complexity index is 481. The summed E-state index contributed by atoms with van der Waals surface area (Å²) in [5, 5.41) is 9.02. The van der Waals surface area contributed by atoms with E-state index in [4.69, 9.17) is 10.8 Å². The number of halogens is 2. The molecule has 1 atom stereocenters. The maximum Gasteiger partial charge on any atom is 0.325 e. The molecule has 19 heavy (non-hydrogen) atoms.